The fourth-order valence-corrected chi connectivity index (χ4v) is 2.88. The molecule has 0 spiro atoms. The molecule has 104 valence electrons. The van der Waals surface area contributed by atoms with Gasteiger partial charge in [-0.2, -0.15) is 4.73 Å². The van der Waals surface area contributed by atoms with E-state index in [1.165, 1.54) is 18.0 Å². The van der Waals surface area contributed by atoms with Gasteiger partial charge < -0.3 is 5.21 Å². The van der Waals surface area contributed by atoms with Gasteiger partial charge in [0.15, 0.2) is 12.0 Å². The number of Topliss-reactive ketones (excluding diaryl/α,β-unsaturated/α-hetero) is 1. The minimum Gasteiger partial charge on any atom is -0.618 e. The van der Waals surface area contributed by atoms with Crippen LogP contribution in [0.25, 0.3) is 0 Å². The second-order valence-corrected chi connectivity index (χ2v) is 6.17. The molecule has 0 saturated heterocycles. The van der Waals surface area contributed by atoms with Crippen LogP contribution >= 0.6 is 11.8 Å². The maximum Gasteiger partial charge on any atom is 0.252 e. The van der Waals surface area contributed by atoms with Crippen molar-refractivity contribution in [3.05, 3.63) is 64.5 Å². The monoisotopic (exact) mass is 287 g/mol. The summed E-state index contributed by atoms with van der Waals surface area (Å²) in [5.41, 5.74) is 2.77. The Morgan fingerprint density at radius 1 is 1.25 bits per heavy atom. The number of aromatic nitrogens is 1. The van der Waals surface area contributed by atoms with Gasteiger partial charge in [-0.25, -0.2) is 0 Å². The summed E-state index contributed by atoms with van der Waals surface area (Å²) in [6, 6.07) is 11.1. The Hall–Kier alpha value is -1.81. The van der Waals surface area contributed by atoms with Crippen LogP contribution in [0.3, 0.4) is 0 Å². The van der Waals surface area contributed by atoms with E-state index in [2.05, 4.69) is 0 Å². The molecule has 0 aliphatic carbocycles. The van der Waals surface area contributed by atoms with Crippen LogP contribution in [0, 0.1) is 19.1 Å². The number of pyridine rings is 1. The molecule has 0 amide bonds. The molecule has 1 heterocycles. The van der Waals surface area contributed by atoms with Gasteiger partial charge in [0.25, 0.3) is 5.03 Å². The van der Waals surface area contributed by atoms with Crippen LogP contribution in [0.5, 0.6) is 0 Å². The molecule has 1 unspecified atom stereocenters. The van der Waals surface area contributed by atoms with Crippen molar-refractivity contribution in [1.82, 2.24) is 0 Å². The lowest BCUT2D eigenvalue weighted by Crippen LogP contribution is -2.29. The van der Waals surface area contributed by atoms with Crippen LogP contribution < -0.4 is 4.73 Å². The molecule has 1 aromatic heterocycles. The highest BCUT2D eigenvalue weighted by atomic mass is 32.2. The Labute approximate surface area is 123 Å². The third-order valence-corrected chi connectivity index (χ3v) is 4.24. The van der Waals surface area contributed by atoms with E-state index in [1.807, 2.05) is 39.0 Å². The van der Waals surface area contributed by atoms with E-state index in [0.717, 1.165) is 21.4 Å². The quantitative estimate of drug-likeness (QED) is 0.375. The van der Waals surface area contributed by atoms with Crippen LogP contribution in [-0.4, -0.2) is 11.0 Å². The number of carbonyl (C=O) groups is 1. The van der Waals surface area contributed by atoms with Crippen LogP contribution in [0.1, 0.15) is 28.4 Å². The number of rotatable bonds is 4. The molecule has 0 saturated carbocycles. The SMILES string of the molecule is Cc1ccc(C)c(C(=O)C(C)Sc2cccc[n+]2[O-])c1. The second kappa shape index (κ2) is 6.09. The first-order valence-corrected chi connectivity index (χ1v) is 7.33. The molecular formula is C16H17NO2S. The van der Waals surface area contributed by atoms with Crippen LogP contribution in [0.2, 0.25) is 0 Å². The predicted molar refractivity (Wildman–Crippen MR) is 81.0 cm³/mol. The highest BCUT2D eigenvalue weighted by molar-refractivity contribution is 8.00. The first-order valence-electron chi connectivity index (χ1n) is 6.45. The predicted octanol–water partition coefficient (Wildman–Crippen LogP) is 3.30. The van der Waals surface area contributed by atoms with Crippen molar-refractivity contribution in [2.45, 2.75) is 31.0 Å². The van der Waals surface area contributed by atoms with Gasteiger partial charge in [0.05, 0.1) is 5.25 Å². The van der Waals surface area contributed by atoms with E-state index in [-0.39, 0.29) is 11.0 Å². The van der Waals surface area contributed by atoms with Crippen molar-refractivity contribution in [2.24, 2.45) is 0 Å². The number of benzene rings is 1. The summed E-state index contributed by atoms with van der Waals surface area (Å²) >= 11 is 1.29. The average molecular weight is 287 g/mol. The van der Waals surface area contributed by atoms with Crippen molar-refractivity contribution < 1.29 is 9.52 Å². The summed E-state index contributed by atoms with van der Waals surface area (Å²) in [6.07, 6.45) is 1.44. The number of carbonyl (C=O) groups excluding carboxylic acids is 1. The molecular weight excluding hydrogens is 270 g/mol. The van der Waals surface area contributed by atoms with Gasteiger partial charge >= 0.3 is 0 Å². The normalized spacial score (nSPS) is 12.2. The lowest BCUT2D eigenvalue weighted by atomic mass is 10.0. The zero-order valence-corrected chi connectivity index (χ0v) is 12.6. The molecule has 3 nitrogen and oxygen atoms in total. The summed E-state index contributed by atoms with van der Waals surface area (Å²) in [4.78, 5) is 12.5. The third-order valence-electron chi connectivity index (χ3n) is 3.11. The van der Waals surface area contributed by atoms with E-state index in [0.29, 0.717) is 5.03 Å². The highest BCUT2D eigenvalue weighted by Crippen LogP contribution is 2.24. The van der Waals surface area contributed by atoms with Crippen LogP contribution in [0.15, 0.2) is 47.6 Å². The third kappa shape index (κ3) is 3.20. The van der Waals surface area contributed by atoms with Gasteiger partial charge in [-0.3, -0.25) is 4.79 Å². The van der Waals surface area contributed by atoms with Crippen molar-refractivity contribution >= 4 is 17.5 Å². The van der Waals surface area contributed by atoms with Gasteiger partial charge in [0.1, 0.15) is 0 Å². The average Bonchev–Trinajstić information content (AvgIpc) is 2.43. The Morgan fingerprint density at radius 3 is 2.70 bits per heavy atom. The molecule has 0 radical (unpaired) electrons. The highest BCUT2D eigenvalue weighted by Gasteiger charge is 2.21. The lowest BCUT2D eigenvalue weighted by molar-refractivity contribution is -0.645. The first kappa shape index (κ1) is 14.6. The number of aryl methyl sites for hydroxylation is 2. The van der Waals surface area contributed by atoms with Crippen molar-refractivity contribution in [3.8, 4) is 0 Å². The van der Waals surface area contributed by atoms with E-state index >= 15 is 0 Å². The molecule has 0 aliphatic rings. The number of hydrogen-bond acceptors (Lipinski definition) is 3. The molecule has 20 heavy (non-hydrogen) atoms. The van der Waals surface area contributed by atoms with E-state index in [9.17, 15) is 10.0 Å². The molecule has 4 heteroatoms. The number of hydrogen-bond donors (Lipinski definition) is 0. The van der Waals surface area contributed by atoms with Crippen LogP contribution in [0.4, 0.5) is 0 Å². The molecule has 1 atom stereocenters. The van der Waals surface area contributed by atoms with Gasteiger partial charge in [-0.05, 0) is 50.2 Å². The van der Waals surface area contributed by atoms with Crippen molar-refractivity contribution in [2.75, 3.05) is 0 Å². The Morgan fingerprint density at radius 2 is 2.00 bits per heavy atom. The van der Waals surface area contributed by atoms with E-state index in [4.69, 9.17) is 0 Å². The van der Waals surface area contributed by atoms with E-state index < -0.39 is 0 Å². The molecule has 0 N–H and O–H groups in total. The van der Waals surface area contributed by atoms with Gasteiger partial charge in [0, 0.05) is 17.7 Å². The van der Waals surface area contributed by atoms with Crippen LogP contribution in [-0.2, 0) is 0 Å². The van der Waals surface area contributed by atoms with Gasteiger partial charge in [-0.1, -0.05) is 17.7 Å². The summed E-state index contributed by atoms with van der Waals surface area (Å²) in [6.45, 7) is 5.74. The Kier molecular flexibility index (Phi) is 4.45. The smallest absolute Gasteiger partial charge is 0.252 e. The largest absolute Gasteiger partial charge is 0.618 e. The number of ketones is 1. The number of nitrogens with zero attached hydrogens (tertiary/aromatic N) is 1. The fraction of sp³-hybridized carbons (Fsp3) is 0.250. The number of thioether (sulfide) groups is 1. The second-order valence-electron chi connectivity index (χ2n) is 4.81. The van der Waals surface area contributed by atoms with Crippen molar-refractivity contribution in [1.29, 1.82) is 0 Å². The molecule has 2 rings (SSSR count). The summed E-state index contributed by atoms with van der Waals surface area (Å²) in [7, 11) is 0. The maximum atomic E-state index is 12.5. The molecule has 0 bridgehead atoms. The first-order chi connectivity index (χ1) is 9.49. The molecule has 2 aromatic rings. The minimum absolute atomic E-state index is 0.0556. The summed E-state index contributed by atoms with van der Waals surface area (Å²) < 4.78 is 0.789. The van der Waals surface area contributed by atoms with Gasteiger partial charge in [0.2, 0.25) is 0 Å². The fourth-order valence-electron chi connectivity index (χ4n) is 1.96. The topological polar surface area (TPSA) is 44.0 Å². The zero-order chi connectivity index (χ0) is 14.7. The molecule has 0 fully saturated rings. The standard InChI is InChI=1S/C16H17NO2S/c1-11-7-8-12(2)14(10-11)16(18)13(3)20-15-6-4-5-9-17(15)19/h4-10,13H,1-3H3. The molecule has 1 aromatic carbocycles. The zero-order valence-electron chi connectivity index (χ0n) is 11.8. The summed E-state index contributed by atoms with van der Waals surface area (Å²) in [5.74, 6) is 0.0556. The minimum atomic E-state index is -0.293. The van der Waals surface area contributed by atoms with E-state index in [1.54, 1.807) is 18.2 Å². The summed E-state index contributed by atoms with van der Waals surface area (Å²) in [5, 5.41) is 11.9. The Balaban J connectivity index is 2.21. The lowest BCUT2D eigenvalue weighted by Gasteiger charge is -2.12. The Bertz CT molecular complexity index is 640. The maximum absolute atomic E-state index is 12.5. The molecule has 0 aliphatic heterocycles. The van der Waals surface area contributed by atoms with Gasteiger partial charge in [-0.15, -0.1) is 0 Å². The van der Waals surface area contributed by atoms with Crippen molar-refractivity contribution in [3.63, 3.8) is 0 Å².